The maximum atomic E-state index is 11.3. The summed E-state index contributed by atoms with van der Waals surface area (Å²) in [5.41, 5.74) is 5.36. The highest BCUT2D eigenvalue weighted by molar-refractivity contribution is 5.84. The summed E-state index contributed by atoms with van der Waals surface area (Å²) in [4.78, 5) is 22.3. The average molecular weight is 216 g/mol. The van der Waals surface area contributed by atoms with Crippen molar-refractivity contribution in [3.8, 4) is 0 Å². The zero-order chi connectivity index (χ0) is 12.1. The van der Waals surface area contributed by atoms with E-state index in [1.165, 1.54) is 7.11 Å². The molecule has 5 heteroatoms. The van der Waals surface area contributed by atoms with Crippen molar-refractivity contribution in [1.82, 2.24) is 5.32 Å². The Bertz CT molecular complexity index is 233. The number of nitrogens with one attached hydrogen (secondary N) is 1. The molecule has 0 fully saturated rings. The van der Waals surface area contributed by atoms with E-state index >= 15 is 0 Å². The SMILES string of the molecule is COC(=O)[C@H](C)NC(=O)CCC(C)(C)N. The predicted octanol–water partition coefficient (Wildman–Crippen LogP) is 0.182. The van der Waals surface area contributed by atoms with E-state index in [2.05, 4.69) is 10.1 Å². The first kappa shape index (κ1) is 13.9. The molecular weight excluding hydrogens is 196 g/mol. The second-order valence-electron chi connectivity index (χ2n) is 4.30. The van der Waals surface area contributed by atoms with E-state index in [1.54, 1.807) is 6.92 Å². The molecule has 0 aliphatic carbocycles. The van der Waals surface area contributed by atoms with Gasteiger partial charge in [0.15, 0.2) is 0 Å². The van der Waals surface area contributed by atoms with Crippen LogP contribution in [0, 0.1) is 0 Å². The number of esters is 1. The van der Waals surface area contributed by atoms with Gasteiger partial charge in [0.2, 0.25) is 5.91 Å². The molecule has 0 rings (SSSR count). The van der Waals surface area contributed by atoms with E-state index in [-0.39, 0.29) is 11.4 Å². The fourth-order valence-electron chi connectivity index (χ4n) is 0.985. The van der Waals surface area contributed by atoms with Crippen molar-refractivity contribution >= 4 is 11.9 Å². The lowest BCUT2D eigenvalue weighted by Gasteiger charge is -2.18. The summed E-state index contributed by atoms with van der Waals surface area (Å²) in [6.45, 7) is 5.28. The van der Waals surface area contributed by atoms with Crippen molar-refractivity contribution in [3.05, 3.63) is 0 Å². The smallest absolute Gasteiger partial charge is 0.328 e. The fourth-order valence-corrected chi connectivity index (χ4v) is 0.985. The lowest BCUT2D eigenvalue weighted by Crippen LogP contribution is -2.40. The van der Waals surface area contributed by atoms with E-state index in [9.17, 15) is 9.59 Å². The second kappa shape index (κ2) is 5.70. The number of carbonyl (C=O) groups is 2. The van der Waals surface area contributed by atoms with Crippen molar-refractivity contribution in [2.75, 3.05) is 7.11 Å². The van der Waals surface area contributed by atoms with E-state index in [1.807, 2.05) is 13.8 Å². The summed E-state index contributed by atoms with van der Waals surface area (Å²) >= 11 is 0. The van der Waals surface area contributed by atoms with E-state index in [4.69, 9.17) is 5.73 Å². The van der Waals surface area contributed by atoms with Crippen molar-refractivity contribution in [2.45, 2.75) is 45.2 Å². The lowest BCUT2D eigenvalue weighted by molar-refractivity contribution is -0.144. The van der Waals surface area contributed by atoms with E-state index in [0.29, 0.717) is 12.8 Å². The molecule has 0 aliphatic rings. The number of carbonyl (C=O) groups excluding carboxylic acids is 2. The zero-order valence-electron chi connectivity index (χ0n) is 9.79. The molecule has 0 spiro atoms. The Morgan fingerprint density at radius 3 is 2.40 bits per heavy atom. The molecule has 88 valence electrons. The summed E-state index contributed by atoms with van der Waals surface area (Å²) in [7, 11) is 1.29. The van der Waals surface area contributed by atoms with Crippen LogP contribution in [0.2, 0.25) is 0 Å². The topological polar surface area (TPSA) is 81.4 Å². The Hall–Kier alpha value is -1.10. The molecule has 0 saturated carbocycles. The molecule has 0 aromatic heterocycles. The fraction of sp³-hybridized carbons (Fsp3) is 0.800. The first-order chi connectivity index (χ1) is 6.76. The number of amides is 1. The highest BCUT2D eigenvalue weighted by Crippen LogP contribution is 2.06. The van der Waals surface area contributed by atoms with E-state index < -0.39 is 12.0 Å². The molecule has 3 N–H and O–H groups in total. The van der Waals surface area contributed by atoms with Crippen molar-refractivity contribution in [2.24, 2.45) is 5.73 Å². The van der Waals surface area contributed by atoms with Gasteiger partial charge in [0.05, 0.1) is 7.11 Å². The predicted molar refractivity (Wildman–Crippen MR) is 57.1 cm³/mol. The van der Waals surface area contributed by atoms with Crippen molar-refractivity contribution in [3.63, 3.8) is 0 Å². The van der Waals surface area contributed by atoms with Crippen LogP contribution in [0.5, 0.6) is 0 Å². The minimum absolute atomic E-state index is 0.188. The Kier molecular flexibility index (Phi) is 5.28. The Morgan fingerprint density at radius 1 is 1.47 bits per heavy atom. The molecule has 0 aromatic carbocycles. The van der Waals surface area contributed by atoms with Gasteiger partial charge in [0, 0.05) is 12.0 Å². The maximum absolute atomic E-state index is 11.3. The van der Waals surface area contributed by atoms with Crippen LogP contribution in [0.3, 0.4) is 0 Å². The lowest BCUT2D eigenvalue weighted by atomic mass is 10.00. The molecule has 0 unspecified atom stereocenters. The molecule has 15 heavy (non-hydrogen) atoms. The molecule has 0 heterocycles. The van der Waals surface area contributed by atoms with Gasteiger partial charge >= 0.3 is 5.97 Å². The van der Waals surface area contributed by atoms with Gasteiger partial charge in [-0.1, -0.05) is 0 Å². The van der Waals surface area contributed by atoms with Crippen LogP contribution in [0.1, 0.15) is 33.6 Å². The van der Waals surface area contributed by atoms with Crippen LogP contribution in [0.4, 0.5) is 0 Å². The second-order valence-corrected chi connectivity index (χ2v) is 4.30. The number of methoxy groups -OCH3 is 1. The van der Waals surface area contributed by atoms with Gasteiger partial charge in [-0.15, -0.1) is 0 Å². The molecule has 5 nitrogen and oxygen atoms in total. The minimum atomic E-state index is -0.608. The molecule has 0 aliphatic heterocycles. The molecule has 0 radical (unpaired) electrons. The van der Waals surface area contributed by atoms with E-state index in [0.717, 1.165) is 0 Å². The summed E-state index contributed by atoms with van der Waals surface area (Å²) in [5.74, 6) is -0.637. The first-order valence-corrected chi connectivity index (χ1v) is 4.92. The Balaban J connectivity index is 3.89. The molecule has 1 amide bonds. The number of hydrogen-bond donors (Lipinski definition) is 2. The van der Waals surface area contributed by atoms with Crippen LogP contribution in [-0.4, -0.2) is 30.6 Å². The molecule has 1 atom stereocenters. The van der Waals surface area contributed by atoms with Gasteiger partial charge in [-0.05, 0) is 27.2 Å². The summed E-state index contributed by atoms with van der Waals surface area (Å²) < 4.78 is 4.48. The number of hydrogen-bond acceptors (Lipinski definition) is 4. The van der Waals surface area contributed by atoms with Gasteiger partial charge in [-0.3, -0.25) is 4.79 Å². The first-order valence-electron chi connectivity index (χ1n) is 4.92. The van der Waals surface area contributed by atoms with Crippen LogP contribution in [0.25, 0.3) is 0 Å². The summed E-state index contributed by atoms with van der Waals surface area (Å²) in [5, 5.41) is 2.53. The number of ether oxygens (including phenoxy) is 1. The molecule has 0 aromatic rings. The van der Waals surface area contributed by atoms with Crippen LogP contribution < -0.4 is 11.1 Å². The average Bonchev–Trinajstić information content (AvgIpc) is 2.12. The normalized spacial score (nSPS) is 13.1. The quantitative estimate of drug-likeness (QED) is 0.642. The van der Waals surface area contributed by atoms with Gasteiger partial charge in [0.1, 0.15) is 6.04 Å². The zero-order valence-corrected chi connectivity index (χ0v) is 9.79. The standard InChI is InChI=1S/C10H20N2O3/c1-7(9(14)15-4)12-8(13)5-6-10(2,3)11/h7H,5-6,11H2,1-4H3,(H,12,13)/t7-/m0/s1. The van der Waals surface area contributed by atoms with Crippen LogP contribution >= 0.6 is 0 Å². The van der Waals surface area contributed by atoms with Crippen LogP contribution in [-0.2, 0) is 14.3 Å². The Morgan fingerprint density at radius 2 is 2.00 bits per heavy atom. The van der Waals surface area contributed by atoms with Crippen molar-refractivity contribution in [1.29, 1.82) is 0 Å². The van der Waals surface area contributed by atoms with Gasteiger partial charge in [-0.25, -0.2) is 4.79 Å². The maximum Gasteiger partial charge on any atom is 0.328 e. The van der Waals surface area contributed by atoms with Gasteiger partial charge in [-0.2, -0.15) is 0 Å². The van der Waals surface area contributed by atoms with Gasteiger partial charge < -0.3 is 15.8 Å². The van der Waals surface area contributed by atoms with Crippen LogP contribution in [0.15, 0.2) is 0 Å². The molecule has 0 saturated heterocycles. The van der Waals surface area contributed by atoms with Crippen molar-refractivity contribution < 1.29 is 14.3 Å². The Labute approximate surface area is 90.4 Å². The monoisotopic (exact) mass is 216 g/mol. The minimum Gasteiger partial charge on any atom is -0.467 e. The number of nitrogens with two attached hydrogens (primary N) is 1. The summed E-state index contributed by atoms with van der Waals surface area (Å²) in [6, 6.07) is -0.608. The third-order valence-electron chi connectivity index (χ3n) is 1.93. The highest BCUT2D eigenvalue weighted by atomic mass is 16.5. The summed E-state index contributed by atoms with van der Waals surface area (Å²) in [6.07, 6.45) is 0.886. The van der Waals surface area contributed by atoms with Gasteiger partial charge in [0.25, 0.3) is 0 Å². The number of rotatable bonds is 5. The highest BCUT2D eigenvalue weighted by Gasteiger charge is 2.18. The molecular formula is C10H20N2O3. The third kappa shape index (κ3) is 6.90. The molecule has 0 bridgehead atoms. The third-order valence-corrected chi connectivity index (χ3v) is 1.93. The largest absolute Gasteiger partial charge is 0.467 e.